The SMILES string of the molecule is CCC(CNc1ccnc(C)n1)N1CCN(C)CC1. The fourth-order valence-corrected chi connectivity index (χ4v) is 2.50. The molecule has 0 spiro atoms. The Bertz CT molecular complexity index is 387. The Balaban J connectivity index is 1.85. The standard InChI is InChI=1S/C14H25N5/c1-4-13(19-9-7-18(3)8-10-19)11-16-14-5-6-15-12(2)17-14/h5-6,13H,4,7-11H2,1-3H3,(H,15,16,17). The summed E-state index contributed by atoms with van der Waals surface area (Å²) in [6, 6.07) is 2.52. The highest BCUT2D eigenvalue weighted by Crippen LogP contribution is 2.10. The normalized spacial score (nSPS) is 19.3. The quantitative estimate of drug-likeness (QED) is 0.865. The van der Waals surface area contributed by atoms with Gasteiger partial charge in [-0.15, -0.1) is 0 Å². The van der Waals surface area contributed by atoms with Crippen LogP contribution in [0, 0.1) is 6.92 Å². The molecule has 1 N–H and O–H groups in total. The summed E-state index contributed by atoms with van der Waals surface area (Å²) in [4.78, 5) is 13.5. The molecule has 0 saturated carbocycles. The highest BCUT2D eigenvalue weighted by atomic mass is 15.3. The van der Waals surface area contributed by atoms with Gasteiger partial charge in [0.2, 0.25) is 0 Å². The van der Waals surface area contributed by atoms with Gasteiger partial charge < -0.3 is 10.2 Å². The van der Waals surface area contributed by atoms with Crippen LogP contribution in [0.15, 0.2) is 12.3 Å². The predicted octanol–water partition coefficient (Wildman–Crippen LogP) is 1.22. The summed E-state index contributed by atoms with van der Waals surface area (Å²) in [7, 11) is 2.19. The summed E-state index contributed by atoms with van der Waals surface area (Å²) < 4.78 is 0. The number of nitrogens with zero attached hydrogens (tertiary/aromatic N) is 4. The molecule has 0 amide bonds. The lowest BCUT2D eigenvalue weighted by atomic mass is 10.1. The third kappa shape index (κ3) is 4.14. The Kier molecular flexibility index (Phi) is 5.10. The molecule has 0 aromatic carbocycles. The summed E-state index contributed by atoms with van der Waals surface area (Å²) in [5, 5.41) is 3.44. The Morgan fingerprint density at radius 2 is 2.05 bits per heavy atom. The number of aryl methyl sites for hydroxylation is 1. The maximum atomic E-state index is 4.39. The van der Waals surface area contributed by atoms with Crippen molar-refractivity contribution in [3.8, 4) is 0 Å². The number of piperazine rings is 1. The summed E-state index contributed by atoms with van der Waals surface area (Å²) in [5.74, 6) is 1.75. The molecule has 5 heteroatoms. The number of hydrogen-bond acceptors (Lipinski definition) is 5. The van der Waals surface area contributed by atoms with Crippen molar-refractivity contribution in [2.24, 2.45) is 0 Å². The monoisotopic (exact) mass is 263 g/mol. The number of rotatable bonds is 5. The molecule has 2 heterocycles. The minimum Gasteiger partial charge on any atom is -0.368 e. The van der Waals surface area contributed by atoms with E-state index in [1.165, 1.54) is 32.6 Å². The third-order valence-corrected chi connectivity index (χ3v) is 3.82. The molecule has 1 saturated heterocycles. The van der Waals surface area contributed by atoms with Crippen LogP contribution in [0.4, 0.5) is 5.82 Å². The predicted molar refractivity (Wildman–Crippen MR) is 78.4 cm³/mol. The van der Waals surface area contributed by atoms with E-state index in [1.54, 1.807) is 0 Å². The van der Waals surface area contributed by atoms with E-state index in [2.05, 4.69) is 39.1 Å². The van der Waals surface area contributed by atoms with Crippen LogP contribution >= 0.6 is 0 Å². The zero-order chi connectivity index (χ0) is 13.7. The molecule has 1 fully saturated rings. The van der Waals surface area contributed by atoms with Crippen LogP contribution in [0.3, 0.4) is 0 Å². The lowest BCUT2D eigenvalue weighted by Crippen LogP contribution is -2.50. The molecular formula is C14H25N5. The van der Waals surface area contributed by atoms with E-state index in [0.29, 0.717) is 6.04 Å². The molecule has 0 bridgehead atoms. The van der Waals surface area contributed by atoms with Crippen molar-refractivity contribution in [3.63, 3.8) is 0 Å². The largest absolute Gasteiger partial charge is 0.368 e. The van der Waals surface area contributed by atoms with Gasteiger partial charge in [0.15, 0.2) is 0 Å². The van der Waals surface area contributed by atoms with Crippen LogP contribution in [-0.2, 0) is 0 Å². The molecular weight excluding hydrogens is 238 g/mol. The number of likely N-dealkylation sites (N-methyl/N-ethyl adjacent to an activating group) is 1. The van der Waals surface area contributed by atoms with Gasteiger partial charge in [-0.2, -0.15) is 0 Å². The molecule has 1 aromatic heterocycles. The van der Waals surface area contributed by atoms with Crippen molar-refractivity contribution in [2.45, 2.75) is 26.3 Å². The molecule has 5 nitrogen and oxygen atoms in total. The first kappa shape index (κ1) is 14.2. The Hall–Kier alpha value is -1.20. The summed E-state index contributed by atoms with van der Waals surface area (Å²) >= 11 is 0. The van der Waals surface area contributed by atoms with Gasteiger partial charge in [0.05, 0.1) is 0 Å². The van der Waals surface area contributed by atoms with Crippen LogP contribution < -0.4 is 5.32 Å². The molecule has 2 rings (SSSR count). The van der Waals surface area contributed by atoms with Gasteiger partial charge in [-0.05, 0) is 26.5 Å². The third-order valence-electron chi connectivity index (χ3n) is 3.82. The number of hydrogen-bond donors (Lipinski definition) is 1. The highest BCUT2D eigenvalue weighted by molar-refractivity contribution is 5.32. The maximum absolute atomic E-state index is 4.39. The Labute approximate surface area is 116 Å². The fourth-order valence-electron chi connectivity index (χ4n) is 2.50. The van der Waals surface area contributed by atoms with E-state index < -0.39 is 0 Å². The van der Waals surface area contributed by atoms with Crippen molar-refractivity contribution < 1.29 is 0 Å². The summed E-state index contributed by atoms with van der Waals surface area (Å²) in [5.41, 5.74) is 0. The fraction of sp³-hybridized carbons (Fsp3) is 0.714. The molecule has 1 aliphatic rings. The summed E-state index contributed by atoms with van der Waals surface area (Å²) in [6.45, 7) is 9.81. The molecule has 1 aromatic rings. The molecule has 1 atom stereocenters. The van der Waals surface area contributed by atoms with Gasteiger partial charge in [-0.25, -0.2) is 9.97 Å². The van der Waals surface area contributed by atoms with Crippen LogP contribution in [0.25, 0.3) is 0 Å². The van der Waals surface area contributed by atoms with E-state index in [-0.39, 0.29) is 0 Å². The second kappa shape index (κ2) is 6.82. The van der Waals surface area contributed by atoms with E-state index in [0.717, 1.165) is 18.2 Å². The van der Waals surface area contributed by atoms with Crippen molar-refractivity contribution in [1.29, 1.82) is 0 Å². The van der Waals surface area contributed by atoms with Gasteiger partial charge >= 0.3 is 0 Å². The van der Waals surface area contributed by atoms with Crippen molar-refractivity contribution >= 4 is 5.82 Å². The molecule has 0 radical (unpaired) electrons. The van der Waals surface area contributed by atoms with Gasteiger partial charge in [0, 0.05) is 45.0 Å². The van der Waals surface area contributed by atoms with Gasteiger partial charge in [0.1, 0.15) is 11.6 Å². The second-order valence-corrected chi connectivity index (χ2v) is 5.27. The minimum atomic E-state index is 0.587. The summed E-state index contributed by atoms with van der Waals surface area (Å²) in [6.07, 6.45) is 2.97. The smallest absolute Gasteiger partial charge is 0.129 e. The van der Waals surface area contributed by atoms with Crippen LogP contribution in [0.5, 0.6) is 0 Å². The topological polar surface area (TPSA) is 44.3 Å². The lowest BCUT2D eigenvalue weighted by Gasteiger charge is -2.37. The number of aromatic nitrogens is 2. The molecule has 1 unspecified atom stereocenters. The van der Waals surface area contributed by atoms with Gasteiger partial charge in [-0.1, -0.05) is 6.92 Å². The van der Waals surface area contributed by atoms with Gasteiger partial charge in [0.25, 0.3) is 0 Å². The number of anilines is 1. The van der Waals surface area contributed by atoms with Gasteiger partial charge in [-0.3, -0.25) is 4.90 Å². The van der Waals surface area contributed by atoms with Crippen LogP contribution in [-0.4, -0.2) is 65.6 Å². The Morgan fingerprint density at radius 3 is 2.68 bits per heavy atom. The molecule has 1 aliphatic heterocycles. The maximum Gasteiger partial charge on any atom is 0.129 e. The first-order chi connectivity index (χ1) is 9.19. The minimum absolute atomic E-state index is 0.587. The molecule has 0 aliphatic carbocycles. The van der Waals surface area contributed by atoms with Crippen molar-refractivity contribution in [2.75, 3.05) is 45.1 Å². The van der Waals surface area contributed by atoms with Crippen molar-refractivity contribution in [3.05, 3.63) is 18.1 Å². The van der Waals surface area contributed by atoms with E-state index in [4.69, 9.17) is 0 Å². The van der Waals surface area contributed by atoms with Crippen molar-refractivity contribution in [1.82, 2.24) is 19.8 Å². The van der Waals surface area contributed by atoms with Crippen LogP contribution in [0.2, 0.25) is 0 Å². The average molecular weight is 263 g/mol. The first-order valence-electron chi connectivity index (χ1n) is 7.15. The zero-order valence-electron chi connectivity index (χ0n) is 12.3. The lowest BCUT2D eigenvalue weighted by molar-refractivity contribution is 0.114. The second-order valence-electron chi connectivity index (χ2n) is 5.27. The zero-order valence-corrected chi connectivity index (χ0v) is 12.3. The highest BCUT2D eigenvalue weighted by Gasteiger charge is 2.20. The van der Waals surface area contributed by atoms with E-state index in [1.807, 2.05) is 19.2 Å². The Morgan fingerprint density at radius 1 is 1.32 bits per heavy atom. The molecule has 19 heavy (non-hydrogen) atoms. The number of nitrogens with one attached hydrogen (secondary N) is 1. The van der Waals surface area contributed by atoms with E-state index >= 15 is 0 Å². The first-order valence-corrected chi connectivity index (χ1v) is 7.15. The van der Waals surface area contributed by atoms with Crippen LogP contribution in [0.1, 0.15) is 19.2 Å². The average Bonchev–Trinajstić information content (AvgIpc) is 2.41. The van der Waals surface area contributed by atoms with E-state index in [9.17, 15) is 0 Å². The molecule has 106 valence electrons.